The number of phenolic OH excluding ortho intramolecular Hbond substituents is 1. The number of aromatic amines is 2. The first kappa shape index (κ1) is 29.6. The van der Waals surface area contributed by atoms with Crippen LogP contribution in [0.4, 0.5) is 0 Å². The Morgan fingerprint density at radius 3 is 2.00 bits per heavy atom. The average molecular weight is 634 g/mol. The number of nitrogens with one attached hydrogen (secondary N) is 2. The van der Waals surface area contributed by atoms with Gasteiger partial charge in [0.15, 0.2) is 25.1 Å². The van der Waals surface area contributed by atoms with Gasteiger partial charge in [0, 0.05) is 51.1 Å². The summed E-state index contributed by atoms with van der Waals surface area (Å²) in [5.41, 5.74) is 4.35. The molecule has 3 atom stereocenters. The Morgan fingerprint density at radius 2 is 1.44 bits per heavy atom. The summed E-state index contributed by atoms with van der Waals surface area (Å²) in [5, 5.41) is 14.2. The lowest BCUT2D eigenvalue weighted by atomic mass is 10.1. The first-order chi connectivity index (χ1) is 21.5. The molecule has 0 bridgehead atoms. The number of hydrogen-bond donors (Lipinski definition) is 3. The zero-order valence-corrected chi connectivity index (χ0v) is 26.7. The number of hydrogen-bond acceptors (Lipinski definition) is 5. The van der Waals surface area contributed by atoms with Gasteiger partial charge in [0.25, 0.3) is 0 Å². The maximum atomic E-state index is 9.34. The van der Waals surface area contributed by atoms with Crippen molar-refractivity contribution in [3.05, 3.63) is 97.3 Å². The molecule has 9 heteroatoms. The Hall–Kier alpha value is -3.47. The quantitative estimate of drug-likeness (QED) is 0.166. The lowest BCUT2D eigenvalue weighted by Gasteiger charge is -2.23. The number of H-pyrrole nitrogens is 2. The third kappa shape index (κ3) is 8.34. The van der Waals surface area contributed by atoms with E-state index in [1.54, 1.807) is 18.4 Å². The summed E-state index contributed by atoms with van der Waals surface area (Å²) < 4.78 is 22.9. The van der Waals surface area contributed by atoms with Crippen LogP contribution in [0.2, 0.25) is 0 Å². The monoisotopic (exact) mass is 633 g/mol. The Balaban J connectivity index is 0.000000138. The summed E-state index contributed by atoms with van der Waals surface area (Å²) in [4.78, 5) is 6.69. The summed E-state index contributed by atoms with van der Waals surface area (Å²) in [7, 11) is 2.20. The first-order valence-corrected chi connectivity index (χ1v) is 18.0. The molecular weight excluding hydrogens is 594 g/mol. The highest BCUT2D eigenvalue weighted by atomic mass is 32.6. The van der Waals surface area contributed by atoms with Crippen molar-refractivity contribution in [2.24, 2.45) is 0 Å². The maximum Gasteiger partial charge on any atom is 0.355 e. The van der Waals surface area contributed by atoms with Crippen LogP contribution in [0.1, 0.15) is 32.1 Å². The molecule has 3 unspecified atom stereocenters. The van der Waals surface area contributed by atoms with E-state index >= 15 is 0 Å². The van der Waals surface area contributed by atoms with Gasteiger partial charge in [-0.05, 0) is 68.2 Å². The highest BCUT2D eigenvalue weighted by molar-refractivity contribution is 8.24. The molecule has 4 aromatic carbocycles. The number of fused-ring (bicyclic) bond motifs is 6. The van der Waals surface area contributed by atoms with E-state index < -0.39 is 6.99 Å². The maximum absolute atomic E-state index is 9.34. The number of benzene rings is 4. The molecule has 2 aromatic heterocycles. The highest BCUT2D eigenvalue weighted by Gasteiger charge is 2.15. The summed E-state index contributed by atoms with van der Waals surface area (Å²) in [6.45, 7) is 0.848. The van der Waals surface area contributed by atoms with Crippen molar-refractivity contribution in [1.29, 1.82) is 1.28 Å². The van der Waals surface area contributed by atoms with E-state index in [2.05, 4.69) is 67.1 Å². The molecule has 2 aliphatic rings. The van der Waals surface area contributed by atoms with Gasteiger partial charge in [0.1, 0.15) is 11.5 Å². The Bertz CT molecular complexity index is 1850. The van der Waals surface area contributed by atoms with E-state index in [1.165, 1.54) is 35.4 Å². The molecule has 0 radical (unpaired) electrons. The molecular formula is C34H37N2O4P2S+. The van der Waals surface area contributed by atoms with E-state index in [0.29, 0.717) is 5.75 Å². The second kappa shape index (κ2) is 15.8. The second-order valence-corrected chi connectivity index (χ2v) is 12.9. The van der Waals surface area contributed by atoms with E-state index in [9.17, 15) is 5.11 Å². The van der Waals surface area contributed by atoms with Crippen molar-refractivity contribution in [3.8, 4) is 11.5 Å². The predicted octanol–water partition coefficient (Wildman–Crippen LogP) is 9.48. The molecule has 4 heterocycles. The zero-order valence-electron chi connectivity index (χ0n) is 24.9. The van der Waals surface area contributed by atoms with Crippen molar-refractivity contribution in [1.82, 2.24) is 9.97 Å². The third-order valence-corrected chi connectivity index (χ3v) is 7.20. The van der Waals surface area contributed by atoms with Crippen LogP contribution < -0.4 is 4.74 Å². The van der Waals surface area contributed by atoms with Gasteiger partial charge in [-0.25, -0.2) is 0 Å². The van der Waals surface area contributed by atoms with Crippen LogP contribution in [-0.4, -0.2) is 35.9 Å². The molecule has 6 nitrogen and oxygen atoms in total. The lowest BCUT2D eigenvalue weighted by Crippen LogP contribution is -2.24. The average Bonchev–Trinajstić information content (AvgIpc) is 3.60. The highest BCUT2D eigenvalue weighted by Crippen LogP contribution is 2.30. The molecule has 0 aliphatic carbocycles. The second-order valence-electron chi connectivity index (χ2n) is 10.2. The van der Waals surface area contributed by atoms with E-state index in [-0.39, 0.29) is 6.29 Å². The molecule has 0 saturated carbocycles. The van der Waals surface area contributed by atoms with Gasteiger partial charge in [-0.2, -0.15) is 0 Å². The number of allylic oxidation sites excluding steroid dienone is 1. The standard InChI is InChI=1S/C17H17NO2.C12H9NO.C5H8O.H2P2S/c1-2-6-15-13(5-1)14-9-8-12(11-16(14)18-15)20-17-7-3-4-10-19-17;14-8-5-6-10-9-3-1-2-4-11(9)13-12(10)7-8;1-2-4-6-5-3-1;1-2-3/h1-2,5-6,8-9,11,17-18H,3-4,7,10H2;1-7,13-14H;2,4H,1,3,5H2;1H2/p+1/i/hT. The van der Waals surface area contributed by atoms with Crippen LogP contribution in [0.3, 0.4) is 0 Å². The summed E-state index contributed by atoms with van der Waals surface area (Å²) in [5.74, 6) is 1.17. The van der Waals surface area contributed by atoms with Gasteiger partial charge in [-0.15, -0.1) is 0 Å². The summed E-state index contributed by atoms with van der Waals surface area (Å²) >= 11 is 4.31. The molecule has 8 rings (SSSR count). The first-order valence-electron chi connectivity index (χ1n) is 14.9. The topological polar surface area (TPSA) is 79.5 Å². The zero-order chi connectivity index (χ0) is 30.7. The van der Waals surface area contributed by atoms with E-state index in [0.717, 1.165) is 59.3 Å². The number of aromatic nitrogens is 2. The number of para-hydroxylation sites is 2. The Labute approximate surface area is 261 Å². The van der Waals surface area contributed by atoms with E-state index in [1.807, 2.05) is 42.5 Å². The third-order valence-electron chi connectivity index (χ3n) is 7.20. The molecule has 222 valence electrons. The van der Waals surface area contributed by atoms with Gasteiger partial charge in [0.05, 0.1) is 39.4 Å². The normalized spacial score (nSPS) is 16.5. The SMILES string of the molecule is C1=COCCC1.Oc1ccc2c(c1)[nH]c1ccccc12.[3H][P+](P)=S.c1ccc2c(c1)[nH]c1cc(OC3CCCCO3)ccc12. The van der Waals surface area contributed by atoms with Crippen molar-refractivity contribution in [2.75, 3.05) is 13.2 Å². The van der Waals surface area contributed by atoms with Crippen molar-refractivity contribution in [3.63, 3.8) is 0 Å². The molecule has 0 amide bonds. The molecule has 3 N–H and O–H groups in total. The number of aromatic hydroxyl groups is 1. The minimum Gasteiger partial charge on any atom is -0.508 e. The molecule has 1 saturated heterocycles. The van der Waals surface area contributed by atoms with Crippen LogP contribution >= 0.6 is 15.9 Å². The predicted molar refractivity (Wildman–Crippen MR) is 187 cm³/mol. The molecule has 43 heavy (non-hydrogen) atoms. The largest absolute Gasteiger partial charge is 0.508 e. The number of phenols is 1. The van der Waals surface area contributed by atoms with Crippen LogP contribution in [0.15, 0.2) is 97.3 Å². The van der Waals surface area contributed by atoms with Gasteiger partial charge in [-0.3, -0.25) is 0 Å². The number of ether oxygens (including phenoxy) is 3. The van der Waals surface area contributed by atoms with Crippen LogP contribution in [0.25, 0.3) is 43.6 Å². The molecule has 6 aromatic rings. The Morgan fingerprint density at radius 1 is 0.814 bits per heavy atom. The number of rotatable bonds is 2. The fourth-order valence-corrected chi connectivity index (χ4v) is 5.19. The molecule has 0 spiro atoms. The summed E-state index contributed by atoms with van der Waals surface area (Å²) in [6.07, 6.45) is 9.40. The molecule has 2 aliphatic heterocycles. The van der Waals surface area contributed by atoms with Crippen LogP contribution in [0.5, 0.6) is 11.5 Å². The van der Waals surface area contributed by atoms with Crippen molar-refractivity contribution < 1.29 is 19.3 Å². The Kier molecular flexibility index (Phi) is 10.9. The minimum absolute atomic E-state index is 0.0921. The van der Waals surface area contributed by atoms with E-state index in [4.69, 9.17) is 15.5 Å². The van der Waals surface area contributed by atoms with Crippen LogP contribution in [0, 0.1) is 0 Å². The summed E-state index contributed by atoms with van der Waals surface area (Å²) in [6, 6.07) is 28.1. The smallest absolute Gasteiger partial charge is 0.355 e. The lowest BCUT2D eigenvalue weighted by molar-refractivity contribution is -0.105. The van der Waals surface area contributed by atoms with Gasteiger partial charge in [-0.1, -0.05) is 36.4 Å². The van der Waals surface area contributed by atoms with Crippen molar-refractivity contribution in [2.45, 2.75) is 38.4 Å². The van der Waals surface area contributed by atoms with Gasteiger partial charge in [0.2, 0.25) is 0 Å². The fraction of sp³-hybridized carbons (Fsp3) is 0.235. The van der Waals surface area contributed by atoms with Gasteiger partial charge < -0.3 is 29.3 Å². The fourth-order valence-electron chi connectivity index (χ4n) is 5.19. The van der Waals surface area contributed by atoms with Crippen molar-refractivity contribution >= 4 is 71.3 Å². The van der Waals surface area contributed by atoms with Gasteiger partial charge >= 0.3 is 1.28 Å². The minimum atomic E-state index is -0.870. The molecule has 1 fully saturated rings. The van der Waals surface area contributed by atoms with Crippen LogP contribution in [-0.2, 0) is 21.3 Å².